The van der Waals surface area contributed by atoms with Gasteiger partial charge in [0.15, 0.2) is 0 Å². The second kappa shape index (κ2) is 5.82. The van der Waals surface area contributed by atoms with E-state index in [1.54, 1.807) is 0 Å². The molecule has 1 saturated heterocycles. The highest BCUT2D eigenvalue weighted by atomic mass is 19.1. The van der Waals surface area contributed by atoms with E-state index in [9.17, 15) is 14.3 Å². The average molecular weight is 253 g/mol. The first-order valence-electron chi connectivity index (χ1n) is 6.05. The molecular weight excluding hydrogens is 237 g/mol. The predicted octanol–water partition coefficient (Wildman–Crippen LogP) is 1.83. The van der Waals surface area contributed by atoms with E-state index in [1.165, 1.54) is 6.07 Å². The Kier molecular flexibility index (Phi) is 4.15. The van der Waals surface area contributed by atoms with Crippen molar-refractivity contribution in [2.24, 2.45) is 0 Å². The molecule has 1 aromatic carbocycles. The standard InChI is InChI=1S/C13H16FNO3/c14-9-3-4-11(12(16)8-9)13(17)15-6-5-10-2-1-7-18-10/h3-4,8,10,16H,1-2,5-7H2,(H,15,17). The lowest BCUT2D eigenvalue weighted by atomic mass is 10.1. The third kappa shape index (κ3) is 3.20. The number of benzene rings is 1. The molecule has 2 rings (SSSR count). The fraction of sp³-hybridized carbons (Fsp3) is 0.462. The van der Waals surface area contributed by atoms with Gasteiger partial charge in [0.05, 0.1) is 11.7 Å². The lowest BCUT2D eigenvalue weighted by Crippen LogP contribution is -2.27. The molecule has 2 N–H and O–H groups in total. The molecule has 0 aliphatic carbocycles. The van der Waals surface area contributed by atoms with Crippen LogP contribution in [0.4, 0.5) is 4.39 Å². The highest BCUT2D eigenvalue weighted by Gasteiger charge is 2.16. The summed E-state index contributed by atoms with van der Waals surface area (Å²) in [4.78, 5) is 11.7. The summed E-state index contributed by atoms with van der Waals surface area (Å²) in [5.74, 6) is -1.31. The van der Waals surface area contributed by atoms with Crippen LogP contribution in [-0.4, -0.2) is 30.3 Å². The van der Waals surface area contributed by atoms with Gasteiger partial charge >= 0.3 is 0 Å². The molecule has 0 spiro atoms. The van der Waals surface area contributed by atoms with Gasteiger partial charge in [0.25, 0.3) is 5.91 Å². The van der Waals surface area contributed by atoms with Gasteiger partial charge in [0.2, 0.25) is 0 Å². The van der Waals surface area contributed by atoms with Crippen molar-refractivity contribution in [3.05, 3.63) is 29.6 Å². The van der Waals surface area contributed by atoms with Crippen LogP contribution >= 0.6 is 0 Å². The normalized spacial score (nSPS) is 18.8. The first kappa shape index (κ1) is 12.8. The molecule has 1 aliphatic heterocycles. The quantitative estimate of drug-likeness (QED) is 0.860. The molecule has 18 heavy (non-hydrogen) atoms. The van der Waals surface area contributed by atoms with E-state index in [1.807, 2.05) is 0 Å². The van der Waals surface area contributed by atoms with E-state index in [2.05, 4.69) is 5.32 Å². The number of nitrogens with one attached hydrogen (secondary N) is 1. The van der Waals surface area contributed by atoms with Crippen molar-refractivity contribution in [2.75, 3.05) is 13.2 Å². The number of amides is 1. The predicted molar refractivity (Wildman–Crippen MR) is 64.0 cm³/mol. The summed E-state index contributed by atoms with van der Waals surface area (Å²) >= 11 is 0. The van der Waals surface area contributed by atoms with Gasteiger partial charge in [-0.05, 0) is 31.4 Å². The van der Waals surface area contributed by atoms with Crippen molar-refractivity contribution in [1.82, 2.24) is 5.32 Å². The first-order chi connectivity index (χ1) is 8.66. The SMILES string of the molecule is O=C(NCCC1CCCO1)c1ccc(F)cc1O. The number of hydrogen-bond acceptors (Lipinski definition) is 3. The summed E-state index contributed by atoms with van der Waals surface area (Å²) in [5, 5.41) is 12.1. The van der Waals surface area contributed by atoms with Crippen LogP contribution in [0.2, 0.25) is 0 Å². The maximum absolute atomic E-state index is 12.8. The van der Waals surface area contributed by atoms with Crippen LogP contribution in [0, 0.1) is 5.82 Å². The third-order valence-electron chi connectivity index (χ3n) is 2.98. The van der Waals surface area contributed by atoms with Gasteiger partial charge in [-0.1, -0.05) is 0 Å². The molecule has 1 heterocycles. The molecule has 4 nitrogen and oxygen atoms in total. The van der Waals surface area contributed by atoms with Crippen LogP contribution in [0.1, 0.15) is 29.6 Å². The minimum Gasteiger partial charge on any atom is -0.507 e. The molecule has 1 atom stereocenters. The number of halogens is 1. The highest BCUT2D eigenvalue weighted by Crippen LogP contribution is 2.18. The minimum absolute atomic E-state index is 0.0868. The van der Waals surface area contributed by atoms with Gasteiger partial charge < -0.3 is 15.2 Å². The zero-order valence-corrected chi connectivity index (χ0v) is 9.99. The summed E-state index contributed by atoms with van der Waals surface area (Å²) in [6.45, 7) is 1.28. The number of aromatic hydroxyl groups is 1. The lowest BCUT2D eigenvalue weighted by Gasteiger charge is -2.10. The summed E-state index contributed by atoms with van der Waals surface area (Å²) < 4.78 is 18.2. The highest BCUT2D eigenvalue weighted by molar-refractivity contribution is 5.96. The van der Waals surface area contributed by atoms with Gasteiger partial charge in [-0.15, -0.1) is 0 Å². The smallest absolute Gasteiger partial charge is 0.255 e. The Morgan fingerprint density at radius 2 is 2.39 bits per heavy atom. The Balaban J connectivity index is 1.83. The van der Waals surface area contributed by atoms with Gasteiger partial charge in [0.1, 0.15) is 11.6 Å². The number of ether oxygens (including phenoxy) is 1. The second-order valence-electron chi connectivity index (χ2n) is 4.34. The van der Waals surface area contributed by atoms with E-state index in [0.29, 0.717) is 6.54 Å². The van der Waals surface area contributed by atoms with Gasteiger partial charge in [-0.2, -0.15) is 0 Å². The Hall–Kier alpha value is -1.62. The summed E-state index contributed by atoms with van der Waals surface area (Å²) in [6.07, 6.45) is 3.06. The van der Waals surface area contributed by atoms with Crippen molar-refractivity contribution in [1.29, 1.82) is 0 Å². The average Bonchev–Trinajstić information content (AvgIpc) is 2.81. The molecular formula is C13H16FNO3. The monoisotopic (exact) mass is 253 g/mol. The zero-order chi connectivity index (χ0) is 13.0. The molecule has 5 heteroatoms. The topological polar surface area (TPSA) is 58.6 Å². The molecule has 1 aliphatic rings. The molecule has 1 unspecified atom stereocenters. The largest absolute Gasteiger partial charge is 0.507 e. The van der Waals surface area contributed by atoms with Crippen LogP contribution in [-0.2, 0) is 4.74 Å². The Labute approximate surface area is 105 Å². The van der Waals surface area contributed by atoms with Crippen LogP contribution in [0.15, 0.2) is 18.2 Å². The van der Waals surface area contributed by atoms with E-state index >= 15 is 0 Å². The Bertz CT molecular complexity index is 430. The molecule has 0 radical (unpaired) electrons. The van der Waals surface area contributed by atoms with Gasteiger partial charge in [-0.3, -0.25) is 4.79 Å². The fourth-order valence-corrected chi connectivity index (χ4v) is 2.01. The zero-order valence-electron chi connectivity index (χ0n) is 9.99. The number of phenols is 1. The van der Waals surface area contributed by atoms with Gasteiger partial charge in [-0.25, -0.2) is 4.39 Å². The molecule has 0 aromatic heterocycles. The molecule has 98 valence electrons. The minimum atomic E-state index is -0.566. The molecule has 1 fully saturated rings. The number of hydrogen-bond donors (Lipinski definition) is 2. The number of rotatable bonds is 4. The first-order valence-corrected chi connectivity index (χ1v) is 6.05. The molecule has 1 amide bonds. The summed E-state index contributed by atoms with van der Waals surface area (Å²) in [5.41, 5.74) is 0.0868. The van der Waals surface area contributed by atoms with Crippen LogP contribution in [0.5, 0.6) is 5.75 Å². The second-order valence-corrected chi connectivity index (χ2v) is 4.34. The van der Waals surface area contributed by atoms with E-state index in [4.69, 9.17) is 4.74 Å². The van der Waals surface area contributed by atoms with E-state index < -0.39 is 11.7 Å². The fourth-order valence-electron chi connectivity index (χ4n) is 2.01. The number of carbonyl (C=O) groups is 1. The Morgan fingerprint density at radius 3 is 3.06 bits per heavy atom. The van der Waals surface area contributed by atoms with Crippen LogP contribution in [0.25, 0.3) is 0 Å². The lowest BCUT2D eigenvalue weighted by molar-refractivity contribution is 0.0905. The molecule has 0 saturated carbocycles. The maximum Gasteiger partial charge on any atom is 0.255 e. The van der Waals surface area contributed by atoms with Gasteiger partial charge in [0, 0.05) is 19.2 Å². The maximum atomic E-state index is 12.8. The summed E-state index contributed by atoms with van der Waals surface area (Å²) in [6, 6.07) is 3.34. The van der Waals surface area contributed by atoms with Crippen LogP contribution < -0.4 is 5.32 Å². The third-order valence-corrected chi connectivity index (χ3v) is 2.98. The van der Waals surface area contributed by atoms with E-state index in [0.717, 1.165) is 38.0 Å². The number of carbonyl (C=O) groups excluding carboxylic acids is 1. The molecule has 1 aromatic rings. The van der Waals surface area contributed by atoms with Crippen molar-refractivity contribution in [3.8, 4) is 5.75 Å². The van der Waals surface area contributed by atoms with E-state index in [-0.39, 0.29) is 17.4 Å². The summed E-state index contributed by atoms with van der Waals surface area (Å²) in [7, 11) is 0. The number of phenolic OH excluding ortho intramolecular Hbond substituents is 1. The Morgan fingerprint density at radius 1 is 1.56 bits per heavy atom. The van der Waals surface area contributed by atoms with Crippen molar-refractivity contribution >= 4 is 5.91 Å². The van der Waals surface area contributed by atoms with Crippen LogP contribution in [0.3, 0.4) is 0 Å². The van der Waals surface area contributed by atoms with Crippen molar-refractivity contribution < 1.29 is 19.0 Å². The molecule has 0 bridgehead atoms. The van der Waals surface area contributed by atoms with Crippen molar-refractivity contribution in [2.45, 2.75) is 25.4 Å². The van der Waals surface area contributed by atoms with Crippen molar-refractivity contribution in [3.63, 3.8) is 0 Å².